The van der Waals surface area contributed by atoms with Crippen molar-refractivity contribution in [1.82, 2.24) is 14.7 Å². The zero-order chi connectivity index (χ0) is 19.1. The van der Waals surface area contributed by atoms with E-state index in [1.807, 2.05) is 7.11 Å². The van der Waals surface area contributed by atoms with E-state index in [2.05, 4.69) is 55.7 Å². The minimum absolute atomic E-state index is 1.22. The fraction of sp³-hybridized carbons (Fsp3) is 1.00. The average molecular weight is 374 g/mol. The molecule has 0 atom stereocenters. The highest BCUT2D eigenvalue weighted by Gasteiger charge is 2.20. The van der Waals surface area contributed by atoms with Crippen molar-refractivity contribution in [2.45, 2.75) is 65.1 Å². The maximum absolute atomic E-state index is 5.71. The van der Waals surface area contributed by atoms with Gasteiger partial charge in [-0.3, -0.25) is 0 Å². The molecule has 0 aliphatic heterocycles. The van der Waals surface area contributed by atoms with Gasteiger partial charge in [-0.25, -0.2) is 0 Å². The molecule has 0 aliphatic rings. The van der Waals surface area contributed by atoms with Gasteiger partial charge in [0.2, 0.25) is 0 Å². The standard InChI is InChI=1S/C20H47N3OSi/c1-8-13-21(3)15-10-17-23(18-11-16-22(4)14-9-2)19-12-20-25(6,7)24-5/h8-20H2,1-7H3. The van der Waals surface area contributed by atoms with Gasteiger partial charge in [0.15, 0.2) is 8.32 Å². The molecule has 0 aromatic rings. The molecule has 0 aliphatic carbocycles. The van der Waals surface area contributed by atoms with Crippen molar-refractivity contribution in [1.29, 1.82) is 0 Å². The minimum atomic E-state index is -1.41. The van der Waals surface area contributed by atoms with E-state index in [0.29, 0.717) is 0 Å². The SMILES string of the molecule is CCCN(C)CCCN(CCCN(C)CCC)CCC[Si](C)(C)OC. The van der Waals surface area contributed by atoms with E-state index in [1.54, 1.807) is 0 Å². The summed E-state index contributed by atoms with van der Waals surface area (Å²) in [5, 5.41) is 0. The van der Waals surface area contributed by atoms with Crippen LogP contribution in [-0.2, 0) is 4.43 Å². The summed E-state index contributed by atoms with van der Waals surface area (Å²) in [5.41, 5.74) is 0. The lowest BCUT2D eigenvalue weighted by Gasteiger charge is -2.27. The molecule has 0 N–H and O–H groups in total. The maximum Gasteiger partial charge on any atom is 0.186 e. The Hall–Kier alpha value is 0.0569. The van der Waals surface area contributed by atoms with Crippen LogP contribution < -0.4 is 0 Å². The molecule has 0 rings (SSSR count). The van der Waals surface area contributed by atoms with Gasteiger partial charge in [0, 0.05) is 7.11 Å². The molecule has 0 aromatic carbocycles. The molecule has 0 radical (unpaired) electrons. The molecule has 0 unspecified atom stereocenters. The topological polar surface area (TPSA) is 19.0 Å². The highest BCUT2D eigenvalue weighted by atomic mass is 28.4. The molecule has 0 bridgehead atoms. The summed E-state index contributed by atoms with van der Waals surface area (Å²) in [6.07, 6.45) is 6.35. The molecule has 0 spiro atoms. The predicted octanol–water partition coefficient (Wildman–Crippen LogP) is 3.99. The highest BCUT2D eigenvalue weighted by molar-refractivity contribution is 6.71. The number of hydrogen-bond donors (Lipinski definition) is 0. The third kappa shape index (κ3) is 14.9. The van der Waals surface area contributed by atoms with Gasteiger partial charge in [-0.2, -0.15) is 0 Å². The first kappa shape index (κ1) is 25.1. The summed E-state index contributed by atoms with van der Waals surface area (Å²) >= 11 is 0. The Labute approximate surface area is 160 Å². The van der Waals surface area contributed by atoms with E-state index in [1.165, 1.54) is 84.0 Å². The molecule has 5 heteroatoms. The Morgan fingerprint density at radius 2 is 1.12 bits per heavy atom. The second-order valence-corrected chi connectivity index (χ2v) is 12.7. The van der Waals surface area contributed by atoms with Crippen LogP contribution in [0.15, 0.2) is 0 Å². The van der Waals surface area contributed by atoms with Gasteiger partial charge < -0.3 is 19.1 Å². The molecular weight excluding hydrogens is 326 g/mol. The van der Waals surface area contributed by atoms with E-state index >= 15 is 0 Å². The lowest BCUT2D eigenvalue weighted by molar-refractivity contribution is 0.227. The molecule has 0 amide bonds. The molecule has 4 nitrogen and oxygen atoms in total. The van der Waals surface area contributed by atoms with Crippen LogP contribution in [0, 0.1) is 0 Å². The lowest BCUT2D eigenvalue weighted by Crippen LogP contribution is -2.34. The second kappa shape index (κ2) is 15.1. The number of rotatable bonds is 17. The van der Waals surface area contributed by atoms with Crippen LogP contribution in [0.3, 0.4) is 0 Å². The highest BCUT2D eigenvalue weighted by Crippen LogP contribution is 2.13. The monoisotopic (exact) mass is 373 g/mol. The zero-order valence-corrected chi connectivity index (χ0v) is 19.4. The maximum atomic E-state index is 5.71. The normalized spacial score (nSPS) is 12.7. The van der Waals surface area contributed by atoms with Crippen molar-refractivity contribution in [2.24, 2.45) is 0 Å². The van der Waals surface area contributed by atoms with Gasteiger partial charge >= 0.3 is 0 Å². The van der Waals surface area contributed by atoms with Crippen LogP contribution >= 0.6 is 0 Å². The van der Waals surface area contributed by atoms with Crippen molar-refractivity contribution in [3.8, 4) is 0 Å². The Balaban J connectivity index is 4.20. The van der Waals surface area contributed by atoms with Crippen molar-refractivity contribution >= 4 is 8.32 Å². The lowest BCUT2D eigenvalue weighted by atomic mass is 10.2. The van der Waals surface area contributed by atoms with E-state index in [4.69, 9.17) is 4.43 Å². The first-order valence-electron chi connectivity index (χ1n) is 10.5. The third-order valence-corrected chi connectivity index (χ3v) is 7.71. The Morgan fingerprint density at radius 1 is 0.680 bits per heavy atom. The molecule has 0 heterocycles. The summed E-state index contributed by atoms with van der Waals surface area (Å²) < 4.78 is 5.71. The van der Waals surface area contributed by atoms with Crippen LogP contribution in [0.25, 0.3) is 0 Å². The number of hydrogen-bond acceptors (Lipinski definition) is 4. The zero-order valence-electron chi connectivity index (χ0n) is 18.4. The van der Waals surface area contributed by atoms with Crippen molar-refractivity contribution in [2.75, 3.05) is 67.0 Å². The molecule has 0 saturated carbocycles. The summed E-state index contributed by atoms with van der Waals surface area (Å²) in [6, 6.07) is 1.27. The van der Waals surface area contributed by atoms with Crippen LogP contribution in [0.1, 0.15) is 46.0 Å². The fourth-order valence-electron chi connectivity index (χ4n) is 3.28. The quantitative estimate of drug-likeness (QED) is 0.359. The summed E-state index contributed by atoms with van der Waals surface area (Å²) in [4.78, 5) is 7.63. The first-order chi connectivity index (χ1) is 11.8. The van der Waals surface area contributed by atoms with Crippen molar-refractivity contribution in [3.05, 3.63) is 0 Å². The van der Waals surface area contributed by atoms with Crippen molar-refractivity contribution in [3.63, 3.8) is 0 Å². The molecular formula is C20H47N3OSi. The van der Waals surface area contributed by atoms with Crippen LogP contribution in [0.2, 0.25) is 19.1 Å². The molecule has 0 saturated heterocycles. The molecule has 152 valence electrons. The summed E-state index contributed by atoms with van der Waals surface area (Å²) in [7, 11) is 4.98. The Kier molecular flexibility index (Phi) is 15.2. The summed E-state index contributed by atoms with van der Waals surface area (Å²) in [5.74, 6) is 0. The van der Waals surface area contributed by atoms with E-state index in [0.717, 1.165) is 0 Å². The van der Waals surface area contributed by atoms with E-state index < -0.39 is 8.32 Å². The van der Waals surface area contributed by atoms with Gasteiger partial charge in [-0.15, -0.1) is 0 Å². The second-order valence-electron chi connectivity index (χ2n) is 8.22. The van der Waals surface area contributed by atoms with Crippen molar-refractivity contribution < 1.29 is 4.43 Å². The van der Waals surface area contributed by atoms with Gasteiger partial charge in [0.1, 0.15) is 0 Å². The van der Waals surface area contributed by atoms with Crippen LogP contribution in [0.4, 0.5) is 0 Å². The largest absolute Gasteiger partial charge is 0.420 e. The molecule has 25 heavy (non-hydrogen) atoms. The molecule has 0 fully saturated rings. The van der Waals surface area contributed by atoms with Crippen LogP contribution in [0.5, 0.6) is 0 Å². The first-order valence-corrected chi connectivity index (χ1v) is 13.6. The van der Waals surface area contributed by atoms with E-state index in [9.17, 15) is 0 Å². The van der Waals surface area contributed by atoms with Gasteiger partial charge in [-0.05, 0) is 111 Å². The molecule has 0 aromatic heterocycles. The van der Waals surface area contributed by atoms with Crippen LogP contribution in [-0.4, -0.2) is 90.0 Å². The Morgan fingerprint density at radius 3 is 1.52 bits per heavy atom. The summed E-state index contributed by atoms with van der Waals surface area (Å²) in [6.45, 7) is 17.8. The fourth-order valence-corrected chi connectivity index (χ4v) is 4.50. The third-order valence-electron chi connectivity index (χ3n) is 5.04. The predicted molar refractivity (Wildman–Crippen MR) is 115 cm³/mol. The minimum Gasteiger partial charge on any atom is -0.420 e. The number of nitrogens with zero attached hydrogens (tertiary/aromatic N) is 3. The average Bonchev–Trinajstić information content (AvgIpc) is 2.54. The van der Waals surface area contributed by atoms with Gasteiger partial charge in [0.05, 0.1) is 0 Å². The van der Waals surface area contributed by atoms with Gasteiger partial charge in [-0.1, -0.05) is 13.8 Å². The Bertz CT molecular complexity index is 285. The van der Waals surface area contributed by atoms with E-state index in [-0.39, 0.29) is 0 Å². The smallest absolute Gasteiger partial charge is 0.186 e. The van der Waals surface area contributed by atoms with Gasteiger partial charge in [0.25, 0.3) is 0 Å².